The zero-order chi connectivity index (χ0) is 5.70. The molecule has 44 valence electrons. The summed E-state index contributed by atoms with van der Waals surface area (Å²) >= 11 is 6.76. The molecule has 7 heavy (non-hydrogen) atoms. The Morgan fingerprint density at radius 1 is 1.43 bits per heavy atom. The summed E-state index contributed by atoms with van der Waals surface area (Å²) in [7, 11) is 0. The highest BCUT2D eigenvalue weighted by Gasteiger charge is 1.94. The van der Waals surface area contributed by atoms with Crippen molar-refractivity contribution < 1.29 is 0 Å². The van der Waals surface area contributed by atoms with Gasteiger partial charge in [0, 0.05) is 10.7 Å². The summed E-state index contributed by atoms with van der Waals surface area (Å²) in [5.74, 6) is 0.819. The Morgan fingerprint density at radius 3 is 2.14 bits per heavy atom. The van der Waals surface area contributed by atoms with Crippen molar-refractivity contribution >= 4 is 31.9 Å². The number of hydrogen-bond acceptors (Lipinski definition) is 0. The van der Waals surface area contributed by atoms with Crippen LogP contribution in [0, 0.1) is 5.92 Å². The number of rotatable bonds is 3. The van der Waals surface area contributed by atoms with Crippen molar-refractivity contribution in [3.05, 3.63) is 0 Å². The number of halogens is 2. The lowest BCUT2D eigenvalue weighted by Crippen LogP contribution is -1.94. The third-order valence-electron chi connectivity index (χ3n) is 0.865. The molecule has 0 aliphatic carbocycles. The molecule has 0 bridgehead atoms. The van der Waals surface area contributed by atoms with Gasteiger partial charge < -0.3 is 0 Å². The SMILES string of the molecule is CC(CBr)CCBr. The first-order valence-electron chi connectivity index (χ1n) is 2.43. The molecule has 0 aromatic carbocycles. The summed E-state index contributed by atoms with van der Waals surface area (Å²) in [5, 5.41) is 2.25. The largest absolute Gasteiger partial charge is 0.0928 e. The Balaban J connectivity index is 2.83. The molecule has 0 aliphatic rings. The second-order valence-corrected chi connectivity index (χ2v) is 3.18. The second-order valence-electron chi connectivity index (χ2n) is 1.74. The van der Waals surface area contributed by atoms with Crippen LogP contribution in [-0.4, -0.2) is 10.7 Å². The third kappa shape index (κ3) is 4.82. The molecule has 0 spiro atoms. The molecule has 0 N–H and O–H groups in total. The molecule has 0 nitrogen and oxygen atoms in total. The van der Waals surface area contributed by atoms with Gasteiger partial charge in [0.25, 0.3) is 0 Å². The third-order valence-corrected chi connectivity index (χ3v) is 2.43. The van der Waals surface area contributed by atoms with Gasteiger partial charge in [-0.1, -0.05) is 38.8 Å². The van der Waals surface area contributed by atoms with E-state index in [1.54, 1.807) is 0 Å². The molecular weight excluding hydrogens is 220 g/mol. The zero-order valence-corrected chi connectivity index (χ0v) is 7.63. The molecule has 0 aromatic rings. The number of alkyl halides is 2. The van der Waals surface area contributed by atoms with E-state index in [4.69, 9.17) is 0 Å². The summed E-state index contributed by atoms with van der Waals surface area (Å²) in [5.41, 5.74) is 0. The maximum absolute atomic E-state index is 3.39. The minimum absolute atomic E-state index is 0.819. The lowest BCUT2D eigenvalue weighted by Gasteiger charge is -2.00. The summed E-state index contributed by atoms with van der Waals surface area (Å²) in [4.78, 5) is 0. The van der Waals surface area contributed by atoms with Gasteiger partial charge in [0.05, 0.1) is 0 Å². The van der Waals surface area contributed by atoms with E-state index >= 15 is 0 Å². The average molecular weight is 230 g/mol. The summed E-state index contributed by atoms with van der Waals surface area (Å²) in [6.45, 7) is 2.23. The van der Waals surface area contributed by atoms with E-state index in [-0.39, 0.29) is 0 Å². The highest BCUT2D eigenvalue weighted by Crippen LogP contribution is 2.06. The fourth-order valence-electron chi connectivity index (χ4n) is 0.263. The van der Waals surface area contributed by atoms with E-state index in [0.29, 0.717) is 0 Å². The van der Waals surface area contributed by atoms with Crippen LogP contribution in [0.1, 0.15) is 13.3 Å². The first-order valence-corrected chi connectivity index (χ1v) is 4.67. The van der Waals surface area contributed by atoms with Crippen LogP contribution in [0.25, 0.3) is 0 Å². The fraction of sp³-hybridized carbons (Fsp3) is 1.00. The molecule has 0 saturated carbocycles. The van der Waals surface area contributed by atoms with Crippen LogP contribution < -0.4 is 0 Å². The van der Waals surface area contributed by atoms with Crippen LogP contribution in [0.3, 0.4) is 0 Å². The maximum Gasteiger partial charge on any atom is 0.00573 e. The van der Waals surface area contributed by atoms with Gasteiger partial charge >= 0.3 is 0 Å². The first-order chi connectivity index (χ1) is 3.31. The summed E-state index contributed by atoms with van der Waals surface area (Å²) < 4.78 is 0. The molecule has 0 fully saturated rings. The highest BCUT2D eigenvalue weighted by atomic mass is 79.9. The van der Waals surface area contributed by atoms with Crippen molar-refractivity contribution in [3.8, 4) is 0 Å². The molecule has 0 saturated heterocycles. The van der Waals surface area contributed by atoms with E-state index in [2.05, 4.69) is 38.8 Å². The van der Waals surface area contributed by atoms with Gasteiger partial charge in [-0.3, -0.25) is 0 Å². The monoisotopic (exact) mass is 228 g/mol. The highest BCUT2D eigenvalue weighted by molar-refractivity contribution is 9.09. The molecule has 0 aromatic heterocycles. The molecular formula is C5H10Br2. The maximum atomic E-state index is 3.39. The summed E-state index contributed by atoms with van der Waals surface area (Å²) in [6, 6.07) is 0. The standard InChI is InChI=1S/C5H10Br2/c1-5(4-7)2-3-6/h5H,2-4H2,1H3. The van der Waals surface area contributed by atoms with Gasteiger partial charge in [-0.25, -0.2) is 0 Å². The molecule has 0 aliphatic heterocycles. The van der Waals surface area contributed by atoms with Crippen LogP contribution in [0.5, 0.6) is 0 Å². The molecule has 2 heteroatoms. The average Bonchev–Trinajstić information content (AvgIpc) is 1.68. The fourth-order valence-corrected chi connectivity index (χ4v) is 1.37. The Kier molecular flexibility index (Phi) is 5.80. The van der Waals surface area contributed by atoms with Crippen LogP contribution in [0.15, 0.2) is 0 Å². The minimum Gasteiger partial charge on any atom is -0.0928 e. The van der Waals surface area contributed by atoms with Crippen LogP contribution in [0.4, 0.5) is 0 Å². The Bertz CT molecular complexity index is 37.1. The second kappa shape index (κ2) is 5.10. The molecule has 1 atom stereocenters. The van der Waals surface area contributed by atoms with E-state index < -0.39 is 0 Å². The molecule has 0 heterocycles. The van der Waals surface area contributed by atoms with Gasteiger partial charge in [-0.15, -0.1) is 0 Å². The van der Waals surface area contributed by atoms with Crippen molar-refractivity contribution in [2.45, 2.75) is 13.3 Å². The van der Waals surface area contributed by atoms with E-state index in [1.807, 2.05) is 0 Å². The lowest BCUT2D eigenvalue weighted by atomic mass is 10.2. The lowest BCUT2D eigenvalue weighted by molar-refractivity contribution is 0.650. The van der Waals surface area contributed by atoms with E-state index in [0.717, 1.165) is 16.6 Å². The van der Waals surface area contributed by atoms with Crippen molar-refractivity contribution in [2.75, 3.05) is 10.7 Å². The van der Waals surface area contributed by atoms with Crippen LogP contribution in [-0.2, 0) is 0 Å². The Labute approximate surface area is 61.9 Å². The van der Waals surface area contributed by atoms with Crippen molar-refractivity contribution in [3.63, 3.8) is 0 Å². The predicted molar refractivity (Wildman–Crippen MR) is 41.4 cm³/mol. The van der Waals surface area contributed by atoms with Gasteiger partial charge in [-0.05, 0) is 12.3 Å². The molecule has 0 amide bonds. The van der Waals surface area contributed by atoms with Crippen molar-refractivity contribution in [1.82, 2.24) is 0 Å². The zero-order valence-electron chi connectivity index (χ0n) is 4.45. The molecule has 0 radical (unpaired) electrons. The van der Waals surface area contributed by atoms with Gasteiger partial charge in [0.2, 0.25) is 0 Å². The van der Waals surface area contributed by atoms with Gasteiger partial charge in [-0.2, -0.15) is 0 Å². The van der Waals surface area contributed by atoms with Gasteiger partial charge in [0.1, 0.15) is 0 Å². The van der Waals surface area contributed by atoms with Crippen LogP contribution >= 0.6 is 31.9 Å². The topological polar surface area (TPSA) is 0 Å². The molecule has 1 unspecified atom stereocenters. The summed E-state index contributed by atoms with van der Waals surface area (Å²) in [6.07, 6.45) is 1.27. The number of hydrogen-bond donors (Lipinski definition) is 0. The Hall–Kier alpha value is 0.960. The predicted octanol–water partition coefficient (Wildman–Crippen LogP) is 2.80. The normalized spacial score (nSPS) is 14.1. The van der Waals surface area contributed by atoms with Crippen molar-refractivity contribution in [2.24, 2.45) is 5.92 Å². The van der Waals surface area contributed by atoms with E-state index in [1.165, 1.54) is 6.42 Å². The minimum atomic E-state index is 0.819. The smallest absolute Gasteiger partial charge is 0.00573 e. The molecule has 0 rings (SSSR count). The quantitative estimate of drug-likeness (QED) is 0.654. The van der Waals surface area contributed by atoms with Crippen LogP contribution in [0.2, 0.25) is 0 Å². The van der Waals surface area contributed by atoms with Crippen molar-refractivity contribution in [1.29, 1.82) is 0 Å². The van der Waals surface area contributed by atoms with E-state index in [9.17, 15) is 0 Å². The Morgan fingerprint density at radius 2 is 2.00 bits per heavy atom. The first kappa shape index (κ1) is 7.96. The van der Waals surface area contributed by atoms with Gasteiger partial charge in [0.15, 0.2) is 0 Å².